The maximum Gasteiger partial charge on any atom is 0.281 e. The lowest BCUT2D eigenvalue weighted by Gasteiger charge is -2.56. The van der Waals surface area contributed by atoms with Crippen LogP contribution in [0.1, 0.15) is 32.1 Å². The summed E-state index contributed by atoms with van der Waals surface area (Å²) in [5.74, 6) is 0. The quantitative estimate of drug-likeness (QED) is 0.785. The Bertz CT molecular complexity index is 510. The summed E-state index contributed by atoms with van der Waals surface area (Å²) in [4.78, 5) is 0. The third-order valence-electron chi connectivity index (χ3n) is 6.07. The van der Waals surface area contributed by atoms with Crippen molar-refractivity contribution in [2.45, 2.75) is 50.4 Å². The number of hydrogen-bond donors (Lipinski definition) is 1. The zero-order valence-corrected chi connectivity index (χ0v) is 14.8. The summed E-state index contributed by atoms with van der Waals surface area (Å²) in [5, 5.41) is 10.1. The second kappa shape index (κ2) is 6.57. The van der Waals surface area contributed by atoms with E-state index >= 15 is 0 Å². The van der Waals surface area contributed by atoms with Crippen molar-refractivity contribution in [1.82, 2.24) is 8.61 Å². The molecule has 0 aromatic carbocycles. The molecule has 1 spiro atoms. The molecule has 2 saturated heterocycles. The predicted molar refractivity (Wildman–Crippen MR) is 85.2 cm³/mol. The van der Waals surface area contributed by atoms with Crippen LogP contribution in [-0.2, 0) is 19.7 Å². The minimum absolute atomic E-state index is 0.0554. The number of hydrogen-bond acceptors (Lipinski definition) is 5. The van der Waals surface area contributed by atoms with Gasteiger partial charge in [-0.3, -0.25) is 0 Å². The molecule has 0 aromatic rings. The highest BCUT2D eigenvalue weighted by Crippen LogP contribution is 2.51. The molecule has 0 radical (unpaired) electrons. The Hall–Kier alpha value is -0.250. The number of piperidine rings is 2. The predicted octanol–water partition coefficient (Wildman–Crippen LogP) is 0.204. The second-order valence-corrected chi connectivity index (χ2v) is 8.88. The summed E-state index contributed by atoms with van der Waals surface area (Å²) in [6.45, 7) is 1.96. The molecule has 0 unspecified atom stereocenters. The molecule has 134 valence electrons. The van der Waals surface area contributed by atoms with Gasteiger partial charge in [0.25, 0.3) is 10.2 Å². The van der Waals surface area contributed by atoms with E-state index in [4.69, 9.17) is 9.47 Å². The van der Waals surface area contributed by atoms with E-state index in [0.717, 1.165) is 12.8 Å². The summed E-state index contributed by atoms with van der Waals surface area (Å²) in [5.41, 5.74) is -0.246. The number of aliphatic hydroxyl groups excluding tert-OH is 1. The summed E-state index contributed by atoms with van der Waals surface area (Å²) in [7, 11) is -0.0604. The molecule has 3 fully saturated rings. The van der Waals surface area contributed by atoms with Gasteiger partial charge in [-0.05, 0) is 25.7 Å². The van der Waals surface area contributed by atoms with Gasteiger partial charge >= 0.3 is 0 Å². The lowest BCUT2D eigenvalue weighted by molar-refractivity contribution is -0.197. The van der Waals surface area contributed by atoms with Gasteiger partial charge in [0.05, 0.1) is 18.3 Å². The molecule has 0 amide bonds. The zero-order chi connectivity index (χ0) is 16.7. The minimum Gasteiger partial charge on any atom is -0.392 e. The van der Waals surface area contributed by atoms with Gasteiger partial charge in [0, 0.05) is 52.2 Å². The van der Waals surface area contributed by atoms with Crippen molar-refractivity contribution >= 4 is 10.2 Å². The second-order valence-electron chi connectivity index (χ2n) is 6.95. The third kappa shape index (κ3) is 2.94. The first kappa shape index (κ1) is 17.6. The van der Waals surface area contributed by atoms with Crippen LogP contribution in [0.4, 0.5) is 0 Å². The van der Waals surface area contributed by atoms with Gasteiger partial charge in [0.1, 0.15) is 0 Å². The van der Waals surface area contributed by atoms with E-state index in [9.17, 15) is 13.5 Å². The Kier molecular flexibility index (Phi) is 5.02. The highest BCUT2D eigenvalue weighted by molar-refractivity contribution is 7.86. The summed E-state index contributed by atoms with van der Waals surface area (Å²) in [6, 6.07) is 0. The Morgan fingerprint density at radius 1 is 1.00 bits per heavy atom. The maximum absolute atomic E-state index is 12.8. The smallest absolute Gasteiger partial charge is 0.281 e. The minimum atomic E-state index is -3.40. The van der Waals surface area contributed by atoms with Gasteiger partial charge in [0.2, 0.25) is 0 Å². The summed E-state index contributed by atoms with van der Waals surface area (Å²) < 4.78 is 39.5. The van der Waals surface area contributed by atoms with Crippen LogP contribution in [0, 0.1) is 5.41 Å². The van der Waals surface area contributed by atoms with Gasteiger partial charge in [-0.1, -0.05) is 0 Å². The number of ether oxygens (including phenoxy) is 2. The number of nitrogens with zero attached hydrogens (tertiary/aromatic N) is 2. The van der Waals surface area contributed by atoms with Crippen LogP contribution in [0.15, 0.2) is 0 Å². The average molecular weight is 348 g/mol. The first-order valence-corrected chi connectivity index (χ1v) is 9.82. The van der Waals surface area contributed by atoms with Crippen molar-refractivity contribution in [3.63, 3.8) is 0 Å². The van der Waals surface area contributed by atoms with Crippen molar-refractivity contribution in [2.24, 2.45) is 5.41 Å². The topological polar surface area (TPSA) is 79.3 Å². The highest BCUT2D eigenvalue weighted by atomic mass is 32.2. The van der Waals surface area contributed by atoms with Gasteiger partial charge in [-0.15, -0.1) is 0 Å². The van der Waals surface area contributed by atoms with Crippen LogP contribution in [0.25, 0.3) is 0 Å². The molecule has 23 heavy (non-hydrogen) atoms. The molecule has 2 atom stereocenters. The van der Waals surface area contributed by atoms with E-state index < -0.39 is 10.2 Å². The van der Waals surface area contributed by atoms with E-state index in [1.165, 1.54) is 0 Å². The van der Waals surface area contributed by atoms with Crippen LogP contribution < -0.4 is 0 Å². The molecule has 8 heteroatoms. The molecule has 0 aromatic heterocycles. The van der Waals surface area contributed by atoms with Gasteiger partial charge in [-0.25, -0.2) is 0 Å². The van der Waals surface area contributed by atoms with E-state index in [2.05, 4.69) is 0 Å². The Morgan fingerprint density at radius 2 is 1.57 bits per heavy atom. The molecule has 2 heterocycles. The first-order chi connectivity index (χ1) is 10.9. The fraction of sp³-hybridized carbons (Fsp3) is 1.00. The largest absolute Gasteiger partial charge is 0.392 e. The summed E-state index contributed by atoms with van der Waals surface area (Å²) in [6.07, 6.45) is 3.35. The molecule has 1 N–H and O–H groups in total. The molecular formula is C15H28N2O5S. The Balaban J connectivity index is 1.61. The average Bonchev–Trinajstić information content (AvgIpc) is 2.59. The molecular weight excluding hydrogens is 320 g/mol. The molecule has 2 aliphatic heterocycles. The van der Waals surface area contributed by atoms with E-state index in [0.29, 0.717) is 45.4 Å². The van der Waals surface area contributed by atoms with Crippen LogP contribution in [0.2, 0.25) is 0 Å². The third-order valence-corrected chi connectivity index (χ3v) is 8.10. The van der Waals surface area contributed by atoms with Crippen LogP contribution in [-0.4, -0.2) is 80.8 Å². The monoisotopic (exact) mass is 348 g/mol. The Labute approximate surface area is 138 Å². The van der Waals surface area contributed by atoms with Crippen molar-refractivity contribution in [2.75, 3.05) is 40.4 Å². The van der Waals surface area contributed by atoms with Crippen molar-refractivity contribution in [3.8, 4) is 0 Å². The fourth-order valence-electron chi connectivity index (χ4n) is 4.31. The number of methoxy groups -OCH3 is 2. The van der Waals surface area contributed by atoms with Gasteiger partial charge < -0.3 is 14.6 Å². The molecule has 3 aliphatic rings. The number of rotatable bonds is 4. The molecule has 3 rings (SSSR count). The van der Waals surface area contributed by atoms with E-state index in [-0.39, 0.29) is 23.7 Å². The number of aliphatic hydroxyl groups is 1. The van der Waals surface area contributed by atoms with E-state index in [1.807, 2.05) is 0 Å². The zero-order valence-electron chi connectivity index (χ0n) is 14.0. The molecule has 1 aliphatic carbocycles. The Morgan fingerprint density at radius 3 is 2.04 bits per heavy atom. The standard InChI is InChI=1S/C15H28N2O5S/c1-21-12-3-7-16(8-4-12)23(19,20)17-9-5-15(6-10-17)13(18)11-14(15)22-2/h12-14,18H,3-11H2,1-2H3/t13-,14+/m0/s1. The van der Waals surface area contributed by atoms with Crippen molar-refractivity contribution < 1.29 is 23.0 Å². The molecule has 1 saturated carbocycles. The van der Waals surface area contributed by atoms with Crippen LogP contribution in [0.5, 0.6) is 0 Å². The van der Waals surface area contributed by atoms with Gasteiger partial charge in [-0.2, -0.15) is 17.0 Å². The maximum atomic E-state index is 12.8. The first-order valence-electron chi connectivity index (χ1n) is 8.43. The highest BCUT2D eigenvalue weighted by Gasteiger charge is 2.56. The normalized spacial score (nSPS) is 33.7. The van der Waals surface area contributed by atoms with Crippen LogP contribution in [0.3, 0.4) is 0 Å². The lowest BCUT2D eigenvalue weighted by Crippen LogP contribution is -2.63. The van der Waals surface area contributed by atoms with E-state index in [1.54, 1.807) is 22.8 Å². The van der Waals surface area contributed by atoms with Crippen LogP contribution >= 0.6 is 0 Å². The fourth-order valence-corrected chi connectivity index (χ4v) is 5.95. The SMILES string of the molecule is COC1CCN(S(=O)(=O)N2CCC3(CC2)[C@@H](O)C[C@H]3OC)CC1. The molecule has 0 bridgehead atoms. The lowest BCUT2D eigenvalue weighted by atomic mass is 9.58. The van der Waals surface area contributed by atoms with Gasteiger partial charge in [0.15, 0.2) is 0 Å². The van der Waals surface area contributed by atoms with Crippen molar-refractivity contribution in [1.29, 1.82) is 0 Å². The van der Waals surface area contributed by atoms with Crippen molar-refractivity contribution in [3.05, 3.63) is 0 Å². The molecule has 7 nitrogen and oxygen atoms in total. The summed E-state index contributed by atoms with van der Waals surface area (Å²) >= 11 is 0.